The first-order valence-corrected chi connectivity index (χ1v) is 8.77. The Labute approximate surface area is 143 Å². The Hall–Kier alpha value is -2.36. The van der Waals surface area contributed by atoms with E-state index in [1.54, 1.807) is 6.20 Å². The molecule has 0 bridgehead atoms. The second-order valence-corrected chi connectivity index (χ2v) is 6.47. The highest BCUT2D eigenvalue weighted by Gasteiger charge is 2.13. The zero-order valence-corrected chi connectivity index (χ0v) is 14.3. The molecule has 126 valence electrons. The van der Waals surface area contributed by atoms with Crippen LogP contribution in [-0.4, -0.2) is 24.0 Å². The SMILES string of the molecule is Cc1cccc(CNC(=O)c2cc(N3CCCCCC3)ccn2)c1. The van der Waals surface area contributed by atoms with Crippen molar-refractivity contribution in [3.63, 3.8) is 0 Å². The minimum atomic E-state index is -0.117. The van der Waals surface area contributed by atoms with Crippen molar-refractivity contribution in [2.24, 2.45) is 0 Å². The van der Waals surface area contributed by atoms with Crippen molar-refractivity contribution in [3.05, 3.63) is 59.4 Å². The summed E-state index contributed by atoms with van der Waals surface area (Å²) in [6.07, 6.45) is 6.77. The average molecular weight is 323 g/mol. The van der Waals surface area contributed by atoms with E-state index in [0.717, 1.165) is 24.3 Å². The van der Waals surface area contributed by atoms with Gasteiger partial charge >= 0.3 is 0 Å². The van der Waals surface area contributed by atoms with Gasteiger partial charge in [0.2, 0.25) is 0 Å². The van der Waals surface area contributed by atoms with Crippen molar-refractivity contribution in [2.75, 3.05) is 18.0 Å². The molecule has 1 aliphatic rings. The second-order valence-electron chi connectivity index (χ2n) is 6.47. The number of rotatable bonds is 4. The molecular formula is C20H25N3O. The van der Waals surface area contributed by atoms with Crippen LogP contribution in [-0.2, 0) is 6.54 Å². The van der Waals surface area contributed by atoms with E-state index in [1.165, 1.54) is 31.2 Å². The summed E-state index contributed by atoms with van der Waals surface area (Å²) < 4.78 is 0. The lowest BCUT2D eigenvalue weighted by Gasteiger charge is -2.22. The number of hydrogen-bond donors (Lipinski definition) is 1. The Morgan fingerprint density at radius 1 is 1.12 bits per heavy atom. The zero-order valence-electron chi connectivity index (χ0n) is 14.3. The molecule has 2 heterocycles. The maximum atomic E-state index is 12.4. The van der Waals surface area contributed by atoms with Gasteiger partial charge in [-0.05, 0) is 37.5 Å². The molecule has 1 aromatic heterocycles. The standard InChI is InChI=1S/C20H25N3O/c1-16-7-6-8-17(13-16)15-22-20(24)19-14-18(9-10-21-19)23-11-4-2-3-5-12-23/h6-10,13-14H,2-5,11-12,15H2,1H3,(H,22,24). The Morgan fingerprint density at radius 3 is 2.67 bits per heavy atom. The molecule has 0 atom stereocenters. The van der Waals surface area contributed by atoms with Crippen LogP contribution in [0.15, 0.2) is 42.6 Å². The number of anilines is 1. The number of nitrogens with zero attached hydrogens (tertiary/aromatic N) is 2. The second kappa shape index (κ2) is 7.95. The number of aromatic nitrogens is 1. The van der Waals surface area contributed by atoms with Gasteiger partial charge in [0.15, 0.2) is 0 Å². The minimum Gasteiger partial charge on any atom is -0.371 e. The number of hydrogen-bond acceptors (Lipinski definition) is 3. The first-order chi connectivity index (χ1) is 11.7. The van der Waals surface area contributed by atoms with E-state index >= 15 is 0 Å². The summed E-state index contributed by atoms with van der Waals surface area (Å²) in [5.74, 6) is -0.117. The number of amides is 1. The van der Waals surface area contributed by atoms with Gasteiger partial charge in [-0.3, -0.25) is 9.78 Å². The summed E-state index contributed by atoms with van der Waals surface area (Å²) in [5.41, 5.74) is 3.90. The van der Waals surface area contributed by atoms with E-state index in [0.29, 0.717) is 12.2 Å². The number of aryl methyl sites for hydroxylation is 1. The Morgan fingerprint density at radius 2 is 1.92 bits per heavy atom. The van der Waals surface area contributed by atoms with Gasteiger partial charge in [0.25, 0.3) is 5.91 Å². The predicted molar refractivity (Wildman–Crippen MR) is 97.3 cm³/mol. The lowest BCUT2D eigenvalue weighted by Crippen LogP contribution is -2.26. The fraction of sp³-hybridized carbons (Fsp3) is 0.400. The number of benzene rings is 1. The summed E-state index contributed by atoms with van der Waals surface area (Å²) in [4.78, 5) is 19.0. The molecule has 1 fully saturated rings. The third-order valence-electron chi connectivity index (χ3n) is 4.48. The molecule has 0 saturated carbocycles. The van der Waals surface area contributed by atoms with Gasteiger partial charge in [-0.1, -0.05) is 42.7 Å². The lowest BCUT2D eigenvalue weighted by atomic mass is 10.1. The average Bonchev–Trinajstić information content (AvgIpc) is 2.89. The quantitative estimate of drug-likeness (QED) is 0.933. The molecule has 0 spiro atoms. The molecular weight excluding hydrogens is 298 g/mol. The first kappa shape index (κ1) is 16.5. The number of nitrogens with one attached hydrogen (secondary N) is 1. The van der Waals surface area contributed by atoms with Crippen LogP contribution in [0.25, 0.3) is 0 Å². The van der Waals surface area contributed by atoms with Crippen LogP contribution in [0.2, 0.25) is 0 Å². The lowest BCUT2D eigenvalue weighted by molar-refractivity contribution is 0.0946. The van der Waals surface area contributed by atoms with Crippen LogP contribution in [0.5, 0.6) is 0 Å². The molecule has 24 heavy (non-hydrogen) atoms. The minimum absolute atomic E-state index is 0.117. The Bertz CT molecular complexity index is 691. The van der Waals surface area contributed by atoms with E-state index in [9.17, 15) is 4.79 Å². The van der Waals surface area contributed by atoms with Crippen LogP contribution in [0.3, 0.4) is 0 Å². The molecule has 0 aliphatic carbocycles. The largest absolute Gasteiger partial charge is 0.371 e. The van der Waals surface area contributed by atoms with Crippen molar-refractivity contribution >= 4 is 11.6 Å². The Balaban J connectivity index is 1.65. The van der Waals surface area contributed by atoms with Gasteiger partial charge in [0.05, 0.1) is 0 Å². The summed E-state index contributed by atoms with van der Waals surface area (Å²) in [5, 5.41) is 2.96. The van der Waals surface area contributed by atoms with E-state index in [1.807, 2.05) is 24.3 Å². The van der Waals surface area contributed by atoms with Crippen LogP contribution in [0, 0.1) is 6.92 Å². The van der Waals surface area contributed by atoms with E-state index in [4.69, 9.17) is 0 Å². The molecule has 1 N–H and O–H groups in total. The van der Waals surface area contributed by atoms with Crippen molar-refractivity contribution in [1.82, 2.24) is 10.3 Å². The van der Waals surface area contributed by atoms with Crippen molar-refractivity contribution < 1.29 is 4.79 Å². The van der Waals surface area contributed by atoms with Crippen molar-refractivity contribution in [2.45, 2.75) is 39.2 Å². The molecule has 4 heteroatoms. The molecule has 4 nitrogen and oxygen atoms in total. The maximum Gasteiger partial charge on any atom is 0.270 e. The van der Waals surface area contributed by atoms with Gasteiger partial charge < -0.3 is 10.2 Å². The molecule has 1 saturated heterocycles. The van der Waals surface area contributed by atoms with E-state index in [2.05, 4.69) is 34.3 Å². The highest BCUT2D eigenvalue weighted by Crippen LogP contribution is 2.19. The van der Waals surface area contributed by atoms with Crippen molar-refractivity contribution in [1.29, 1.82) is 0 Å². The van der Waals surface area contributed by atoms with Crippen LogP contribution < -0.4 is 10.2 Å². The van der Waals surface area contributed by atoms with Gasteiger partial charge in [0.1, 0.15) is 5.69 Å². The summed E-state index contributed by atoms with van der Waals surface area (Å²) >= 11 is 0. The molecule has 1 aliphatic heterocycles. The van der Waals surface area contributed by atoms with Crippen LogP contribution >= 0.6 is 0 Å². The fourth-order valence-corrected chi connectivity index (χ4v) is 3.16. The van der Waals surface area contributed by atoms with Gasteiger partial charge in [-0.2, -0.15) is 0 Å². The van der Waals surface area contributed by atoms with E-state index < -0.39 is 0 Å². The molecule has 3 rings (SSSR count). The molecule has 0 radical (unpaired) electrons. The summed E-state index contributed by atoms with van der Waals surface area (Å²) in [6.45, 7) is 4.70. The smallest absolute Gasteiger partial charge is 0.270 e. The van der Waals surface area contributed by atoms with E-state index in [-0.39, 0.29) is 5.91 Å². The highest BCUT2D eigenvalue weighted by molar-refractivity contribution is 5.93. The summed E-state index contributed by atoms with van der Waals surface area (Å²) in [6, 6.07) is 12.1. The highest BCUT2D eigenvalue weighted by atomic mass is 16.1. The topological polar surface area (TPSA) is 45.2 Å². The third kappa shape index (κ3) is 4.34. The number of pyridine rings is 1. The maximum absolute atomic E-state index is 12.4. The zero-order chi connectivity index (χ0) is 16.8. The first-order valence-electron chi connectivity index (χ1n) is 8.77. The monoisotopic (exact) mass is 323 g/mol. The van der Waals surface area contributed by atoms with Gasteiger partial charge in [-0.25, -0.2) is 0 Å². The fourth-order valence-electron chi connectivity index (χ4n) is 3.16. The predicted octanol–water partition coefficient (Wildman–Crippen LogP) is 3.70. The van der Waals surface area contributed by atoms with Crippen molar-refractivity contribution in [3.8, 4) is 0 Å². The normalized spacial score (nSPS) is 15.0. The summed E-state index contributed by atoms with van der Waals surface area (Å²) in [7, 11) is 0. The van der Waals surface area contributed by atoms with Gasteiger partial charge in [0, 0.05) is 31.5 Å². The van der Waals surface area contributed by atoms with Crippen LogP contribution in [0.1, 0.15) is 47.3 Å². The number of carbonyl (C=O) groups is 1. The Kier molecular flexibility index (Phi) is 5.47. The van der Waals surface area contributed by atoms with Crippen LogP contribution in [0.4, 0.5) is 5.69 Å². The molecule has 1 amide bonds. The molecule has 1 aromatic carbocycles. The molecule has 0 unspecified atom stereocenters. The third-order valence-corrected chi connectivity index (χ3v) is 4.48. The number of carbonyl (C=O) groups excluding carboxylic acids is 1. The molecule has 2 aromatic rings. The van der Waals surface area contributed by atoms with Gasteiger partial charge in [-0.15, -0.1) is 0 Å².